The molecule has 1 aliphatic heterocycles. The number of hydrogen-bond acceptors (Lipinski definition) is 6. The summed E-state index contributed by atoms with van der Waals surface area (Å²) in [4.78, 5) is 14.4. The van der Waals surface area contributed by atoms with Gasteiger partial charge < -0.3 is 9.84 Å². The van der Waals surface area contributed by atoms with E-state index >= 15 is 0 Å². The van der Waals surface area contributed by atoms with Crippen molar-refractivity contribution in [2.24, 2.45) is 5.92 Å². The highest BCUT2D eigenvalue weighted by Crippen LogP contribution is 2.23. The number of carbonyl (C=O) groups is 1. The summed E-state index contributed by atoms with van der Waals surface area (Å²) in [7, 11) is -3.50. The molecule has 2 atom stereocenters. The van der Waals surface area contributed by atoms with Crippen molar-refractivity contribution in [3.63, 3.8) is 0 Å². The zero-order valence-corrected chi connectivity index (χ0v) is 22.4. The number of carbonyl (C=O) groups excluding carboxylic acids is 1. The molecule has 6 nitrogen and oxygen atoms in total. The van der Waals surface area contributed by atoms with Crippen LogP contribution < -0.4 is 4.74 Å². The standard InChI is InChI=1S/C27H29NO5S.C3H8/c29-26-20-28(16-15-23(26)19-21-7-3-1-4-8-21)17-18-34(31,32)25-13-11-24(12-14-25)33-27(30)22-9-5-2-6-10-22;1-3-2/h1-14,23,26,29H,15-20H2;3H2,1-2H3/t23-,26-;/m1./s1. The molecule has 4 rings (SSSR count). The van der Waals surface area contributed by atoms with Crippen LogP contribution in [0.25, 0.3) is 0 Å². The maximum absolute atomic E-state index is 12.8. The predicted octanol–water partition coefficient (Wildman–Crippen LogP) is 5.02. The highest BCUT2D eigenvalue weighted by Gasteiger charge is 2.28. The number of nitrogens with zero attached hydrogens (tertiary/aromatic N) is 1. The Morgan fingerprint density at radius 3 is 2.14 bits per heavy atom. The molecule has 0 aliphatic carbocycles. The zero-order valence-electron chi connectivity index (χ0n) is 21.6. The van der Waals surface area contributed by atoms with Gasteiger partial charge in [0.15, 0.2) is 9.84 Å². The Labute approximate surface area is 220 Å². The molecule has 1 aliphatic rings. The minimum absolute atomic E-state index is 0.0355. The van der Waals surface area contributed by atoms with Gasteiger partial charge in [-0.15, -0.1) is 0 Å². The van der Waals surface area contributed by atoms with Crippen LogP contribution in [0.5, 0.6) is 5.75 Å². The maximum atomic E-state index is 12.8. The van der Waals surface area contributed by atoms with Crippen molar-refractivity contribution in [2.45, 2.75) is 44.1 Å². The van der Waals surface area contributed by atoms with E-state index in [1.54, 1.807) is 24.3 Å². The van der Waals surface area contributed by atoms with E-state index < -0.39 is 21.9 Å². The lowest BCUT2D eigenvalue weighted by Crippen LogP contribution is -2.46. The summed E-state index contributed by atoms with van der Waals surface area (Å²) in [5.41, 5.74) is 1.63. The summed E-state index contributed by atoms with van der Waals surface area (Å²) in [5, 5.41) is 10.6. The summed E-state index contributed by atoms with van der Waals surface area (Å²) in [6.07, 6.45) is 2.43. The van der Waals surface area contributed by atoms with Gasteiger partial charge in [0.2, 0.25) is 0 Å². The summed E-state index contributed by atoms with van der Waals surface area (Å²) < 4.78 is 31.0. The van der Waals surface area contributed by atoms with Crippen LogP contribution in [0.4, 0.5) is 0 Å². The number of aliphatic hydroxyl groups is 1. The molecule has 0 radical (unpaired) electrons. The van der Waals surface area contributed by atoms with Crippen LogP contribution in [0.2, 0.25) is 0 Å². The van der Waals surface area contributed by atoms with Gasteiger partial charge in [0, 0.05) is 13.1 Å². The van der Waals surface area contributed by atoms with E-state index in [1.807, 2.05) is 29.2 Å². The van der Waals surface area contributed by atoms with Gasteiger partial charge in [-0.05, 0) is 67.3 Å². The molecule has 7 heteroatoms. The molecule has 1 heterocycles. The first-order valence-corrected chi connectivity index (χ1v) is 14.5. The molecule has 3 aromatic rings. The first kappa shape index (κ1) is 28.6. The molecule has 0 unspecified atom stereocenters. The number of aliphatic hydroxyl groups excluding tert-OH is 1. The van der Waals surface area contributed by atoms with Gasteiger partial charge in [-0.2, -0.15) is 0 Å². The molecule has 3 aromatic carbocycles. The first-order chi connectivity index (χ1) is 17.8. The highest BCUT2D eigenvalue weighted by molar-refractivity contribution is 7.91. The lowest BCUT2D eigenvalue weighted by Gasteiger charge is -2.36. The van der Waals surface area contributed by atoms with Crippen LogP contribution in [0, 0.1) is 5.92 Å². The number of esters is 1. The Kier molecular flexibility index (Phi) is 10.9. The van der Waals surface area contributed by atoms with Gasteiger partial charge in [-0.25, -0.2) is 13.2 Å². The molecule has 0 bridgehead atoms. The van der Waals surface area contributed by atoms with Gasteiger partial charge in [0.1, 0.15) is 5.75 Å². The summed E-state index contributed by atoms with van der Waals surface area (Å²) in [6, 6.07) is 24.6. The number of hydrogen-bond donors (Lipinski definition) is 1. The number of sulfone groups is 1. The van der Waals surface area contributed by atoms with Crippen LogP contribution in [-0.2, 0) is 16.3 Å². The normalized spacial score (nSPS) is 17.9. The van der Waals surface area contributed by atoms with Crippen molar-refractivity contribution in [1.29, 1.82) is 0 Å². The van der Waals surface area contributed by atoms with Gasteiger partial charge in [-0.3, -0.25) is 4.90 Å². The molecular weight excluding hydrogens is 486 g/mol. The number of piperidine rings is 1. The minimum Gasteiger partial charge on any atom is -0.423 e. The van der Waals surface area contributed by atoms with Crippen molar-refractivity contribution in [1.82, 2.24) is 4.90 Å². The number of ether oxygens (including phenoxy) is 1. The quantitative estimate of drug-likeness (QED) is 0.330. The highest BCUT2D eigenvalue weighted by atomic mass is 32.2. The van der Waals surface area contributed by atoms with E-state index in [9.17, 15) is 18.3 Å². The molecule has 1 saturated heterocycles. The fourth-order valence-electron chi connectivity index (χ4n) is 4.23. The topological polar surface area (TPSA) is 83.9 Å². The monoisotopic (exact) mass is 523 g/mol. The smallest absolute Gasteiger partial charge is 0.343 e. The number of rotatable bonds is 8. The van der Waals surface area contributed by atoms with E-state index in [4.69, 9.17) is 4.74 Å². The Balaban J connectivity index is 0.00000121. The molecule has 0 saturated carbocycles. The van der Waals surface area contributed by atoms with Crippen molar-refractivity contribution in [3.05, 3.63) is 96.1 Å². The van der Waals surface area contributed by atoms with E-state index in [1.165, 1.54) is 36.2 Å². The summed E-state index contributed by atoms with van der Waals surface area (Å²) in [6.45, 7) is 5.85. The van der Waals surface area contributed by atoms with Crippen LogP contribution in [0.3, 0.4) is 0 Å². The summed E-state index contributed by atoms with van der Waals surface area (Å²) >= 11 is 0. The third-order valence-corrected chi connectivity index (χ3v) is 7.94. The second kappa shape index (κ2) is 14.1. The fourth-order valence-corrected chi connectivity index (χ4v) is 5.51. The van der Waals surface area contributed by atoms with E-state index in [2.05, 4.69) is 26.0 Å². The summed E-state index contributed by atoms with van der Waals surface area (Å²) in [5.74, 6) is -0.0603. The zero-order chi connectivity index (χ0) is 26.7. The maximum Gasteiger partial charge on any atom is 0.343 e. The minimum atomic E-state index is -3.50. The second-order valence-electron chi connectivity index (χ2n) is 9.36. The first-order valence-electron chi connectivity index (χ1n) is 12.9. The van der Waals surface area contributed by atoms with E-state index in [0.717, 1.165) is 19.4 Å². The molecule has 0 amide bonds. The Morgan fingerprint density at radius 2 is 1.54 bits per heavy atom. The molecule has 1 N–H and O–H groups in total. The molecule has 198 valence electrons. The van der Waals surface area contributed by atoms with Crippen molar-refractivity contribution < 1.29 is 23.1 Å². The third kappa shape index (κ3) is 8.81. The average molecular weight is 524 g/mol. The number of β-amino-alcohol motifs (C(OH)–C–C–N with tert-alkyl or cyclic N) is 1. The lowest BCUT2D eigenvalue weighted by molar-refractivity contribution is 0.0245. The fraction of sp³-hybridized carbons (Fsp3) is 0.367. The molecule has 1 fully saturated rings. The van der Waals surface area contributed by atoms with Crippen LogP contribution in [0.1, 0.15) is 42.6 Å². The van der Waals surface area contributed by atoms with Crippen molar-refractivity contribution in [3.8, 4) is 5.75 Å². The predicted molar refractivity (Wildman–Crippen MR) is 147 cm³/mol. The van der Waals surface area contributed by atoms with Gasteiger partial charge >= 0.3 is 5.97 Å². The van der Waals surface area contributed by atoms with Gasteiger partial charge in [0.05, 0.1) is 22.3 Å². The molecule has 37 heavy (non-hydrogen) atoms. The van der Waals surface area contributed by atoms with Crippen molar-refractivity contribution >= 4 is 15.8 Å². The van der Waals surface area contributed by atoms with Crippen LogP contribution in [-0.4, -0.2) is 55.9 Å². The largest absolute Gasteiger partial charge is 0.423 e. The van der Waals surface area contributed by atoms with Crippen molar-refractivity contribution in [2.75, 3.05) is 25.4 Å². The van der Waals surface area contributed by atoms with Crippen LogP contribution >= 0.6 is 0 Å². The SMILES string of the molecule is CCC.O=C(Oc1ccc(S(=O)(=O)CCN2CC[C@H](Cc3ccccc3)[C@H](O)C2)cc1)c1ccccc1. The third-order valence-electron chi connectivity index (χ3n) is 6.23. The lowest BCUT2D eigenvalue weighted by atomic mass is 9.88. The Morgan fingerprint density at radius 1 is 0.946 bits per heavy atom. The molecular formula is C30H37NO5S. The Bertz CT molecular complexity index is 1200. The van der Waals surface area contributed by atoms with E-state index in [0.29, 0.717) is 18.7 Å². The molecule has 0 aromatic heterocycles. The number of benzene rings is 3. The van der Waals surface area contributed by atoms with Crippen LogP contribution in [0.15, 0.2) is 89.8 Å². The molecule has 0 spiro atoms. The second-order valence-corrected chi connectivity index (χ2v) is 11.5. The van der Waals surface area contributed by atoms with Gasteiger partial charge in [0.25, 0.3) is 0 Å². The Hall–Kier alpha value is -3.00. The van der Waals surface area contributed by atoms with Gasteiger partial charge in [-0.1, -0.05) is 68.8 Å². The van der Waals surface area contributed by atoms with E-state index in [-0.39, 0.29) is 22.3 Å². The number of likely N-dealkylation sites (tertiary alicyclic amines) is 1. The average Bonchev–Trinajstić information content (AvgIpc) is 2.91.